The Bertz CT molecular complexity index is 1100. The van der Waals surface area contributed by atoms with Crippen LogP contribution in [0.5, 0.6) is 0 Å². The van der Waals surface area contributed by atoms with E-state index in [0.717, 1.165) is 22.4 Å². The van der Waals surface area contributed by atoms with Gasteiger partial charge in [-0.1, -0.05) is 54.6 Å². The predicted molar refractivity (Wildman–Crippen MR) is 130 cm³/mol. The van der Waals surface area contributed by atoms with Gasteiger partial charge in [0.2, 0.25) is 5.91 Å². The lowest BCUT2D eigenvalue weighted by molar-refractivity contribution is -0.123. The largest absolute Gasteiger partial charge is 0.339 e. The molecule has 2 heterocycles. The van der Waals surface area contributed by atoms with Crippen LogP contribution in [0, 0.1) is 12.8 Å². The number of amides is 2. The van der Waals surface area contributed by atoms with Gasteiger partial charge in [-0.3, -0.25) is 14.5 Å². The van der Waals surface area contributed by atoms with Gasteiger partial charge in [0, 0.05) is 42.1 Å². The Balaban J connectivity index is 1.44. The van der Waals surface area contributed by atoms with E-state index >= 15 is 0 Å². The number of nitrogens with zero attached hydrogens (tertiary/aromatic N) is 3. The number of benzene rings is 2. The maximum atomic E-state index is 13.4. The van der Waals surface area contributed by atoms with Crippen molar-refractivity contribution in [3.8, 4) is 11.3 Å². The third kappa shape index (κ3) is 4.65. The van der Waals surface area contributed by atoms with E-state index in [1.807, 2.05) is 71.8 Å². The van der Waals surface area contributed by atoms with Crippen LogP contribution in [-0.4, -0.2) is 41.3 Å². The molecule has 5 nitrogen and oxygen atoms in total. The molecule has 0 saturated carbocycles. The maximum absolute atomic E-state index is 13.4. The van der Waals surface area contributed by atoms with Gasteiger partial charge in [0.1, 0.15) is 0 Å². The zero-order valence-corrected chi connectivity index (χ0v) is 19.1. The molecule has 1 aliphatic heterocycles. The van der Waals surface area contributed by atoms with Crippen LogP contribution < -0.4 is 4.90 Å². The molecule has 0 aliphatic carbocycles. The van der Waals surface area contributed by atoms with E-state index in [1.54, 1.807) is 11.0 Å². The van der Waals surface area contributed by atoms with Crippen molar-refractivity contribution in [3.63, 3.8) is 0 Å². The fraction of sp³-hybridized carbons (Fsp3) is 0.269. The van der Waals surface area contributed by atoms with Gasteiger partial charge >= 0.3 is 0 Å². The first kappa shape index (κ1) is 22.0. The minimum Gasteiger partial charge on any atom is -0.339 e. The van der Waals surface area contributed by atoms with E-state index in [-0.39, 0.29) is 17.7 Å². The Morgan fingerprint density at radius 1 is 1.12 bits per heavy atom. The monoisotopic (exact) mass is 445 g/mol. The highest BCUT2D eigenvalue weighted by Gasteiger charge is 2.32. The van der Waals surface area contributed by atoms with E-state index in [2.05, 4.69) is 6.58 Å². The molecule has 0 bridgehead atoms. The summed E-state index contributed by atoms with van der Waals surface area (Å²) in [4.78, 5) is 34.6. The Labute approximate surface area is 193 Å². The van der Waals surface area contributed by atoms with Gasteiger partial charge in [-0.05, 0) is 31.4 Å². The lowest BCUT2D eigenvalue weighted by Crippen LogP contribution is -2.44. The molecule has 2 amide bonds. The number of hydrogen-bond donors (Lipinski definition) is 0. The molecule has 4 rings (SSSR count). The van der Waals surface area contributed by atoms with Crippen LogP contribution in [0.2, 0.25) is 0 Å². The van der Waals surface area contributed by atoms with Crippen molar-refractivity contribution in [3.05, 3.63) is 83.8 Å². The molecule has 0 N–H and O–H groups in total. The van der Waals surface area contributed by atoms with Gasteiger partial charge in [0.05, 0.1) is 5.69 Å². The number of hydrogen-bond acceptors (Lipinski definition) is 4. The summed E-state index contributed by atoms with van der Waals surface area (Å²) < 4.78 is 0. The fourth-order valence-corrected chi connectivity index (χ4v) is 4.90. The zero-order valence-electron chi connectivity index (χ0n) is 18.2. The molecule has 3 aromatic rings. The quantitative estimate of drug-likeness (QED) is 0.491. The van der Waals surface area contributed by atoms with Gasteiger partial charge in [-0.25, -0.2) is 4.98 Å². The average molecular weight is 446 g/mol. The third-order valence-corrected chi connectivity index (χ3v) is 6.74. The van der Waals surface area contributed by atoms with Crippen molar-refractivity contribution < 1.29 is 9.59 Å². The molecule has 1 aromatic heterocycles. The Kier molecular flexibility index (Phi) is 6.81. The van der Waals surface area contributed by atoms with Crippen LogP contribution in [0.25, 0.3) is 11.3 Å². The normalized spacial score (nSPS) is 14.2. The van der Waals surface area contributed by atoms with E-state index in [0.29, 0.717) is 37.6 Å². The summed E-state index contributed by atoms with van der Waals surface area (Å²) in [5.41, 5.74) is 3.61. The minimum absolute atomic E-state index is 0.0457. The topological polar surface area (TPSA) is 53.5 Å². The number of likely N-dealkylation sites (tertiary alicyclic amines) is 1. The molecule has 1 aliphatic rings. The first-order valence-corrected chi connectivity index (χ1v) is 11.7. The summed E-state index contributed by atoms with van der Waals surface area (Å²) in [6.07, 6.45) is 3.04. The van der Waals surface area contributed by atoms with Crippen molar-refractivity contribution in [2.24, 2.45) is 5.92 Å². The van der Waals surface area contributed by atoms with Crippen molar-refractivity contribution >= 4 is 28.3 Å². The van der Waals surface area contributed by atoms with Crippen LogP contribution >= 0.6 is 11.3 Å². The highest BCUT2D eigenvalue weighted by atomic mass is 32.1. The molecule has 1 fully saturated rings. The SMILES string of the molecule is C=CCN(C(=O)C1CCN(C(=O)c2ccccc2C)CC1)c1nc(-c2ccccc2)cs1. The Morgan fingerprint density at radius 2 is 1.81 bits per heavy atom. The molecule has 164 valence electrons. The molecule has 1 saturated heterocycles. The van der Waals surface area contributed by atoms with Gasteiger partial charge in [-0.15, -0.1) is 17.9 Å². The maximum Gasteiger partial charge on any atom is 0.254 e. The number of aryl methyl sites for hydroxylation is 1. The number of carbonyl (C=O) groups is 2. The number of aromatic nitrogens is 1. The smallest absolute Gasteiger partial charge is 0.254 e. The van der Waals surface area contributed by atoms with Crippen LogP contribution in [0.15, 0.2) is 72.6 Å². The van der Waals surface area contributed by atoms with E-state index in [1.165, 1.54) is 11.3 Å². The summed E-state index contributed by atoms with van der Waals surface area (Å²) in [5, 5.41) is 2.67. The number of anilines is 1. The van der Waals surface area contributed by atoms with Crippen LogP contribution in [0.4, 0.5) is 5.13 Å². The van der Waals surface area contributed by atoms with Crippen molar-refractivity contribution in [2.75, 3.05) is 24.5 Å². The van der Waals surface area contributed by atoms with Crippen molar-refractivity contribution in [2.45, 2.75) is 19.8 Å². The lowest BCUT2D eigenvalue weighted by Gasteiger charge is -2.33. The van der Waals surface area contributed by atoms with Gasteiger partial charge < -0.3 is 4.90 Å². The molecule has 32 heavy (non-hydrogen) atoms. The second-order valence-corrected chi connectivity index (χ2v) is 8.84. The molecule has 0 spiro atoms. The Morgan fingerprint density at radius 3 is 2.50 bits per heavy atom. The highest BCUT2D eigenvalue weighted by Crippen LogP contribution is 2.30. The molecule has 0 unspecified atom stereocenters. The second-order valence-electron chi connectivity index (χ2n) is 8.00. The molecular formula is C26H27N3O2S. The standard InChI is InChI=1S/C26H27N3O2S/c1-3-15-29(26-27-23(18-32-26)20-10-5-4-6-11-20)24(30)21-13-16-28(17-14-21)25(31)22-12-8-7-9-19(22)2/h3-12,18,21H,1,13-17H2,2H3. The molecule has 6 heteroatoms. The van der Waals surface area contributed by atoms with E-state index in [9.17, 15) is 9.59 Å². The van der Waals surface area contributed by atoms with Gasteiger partial charge in [0.25, 0.3) is 5.91 Å². The molecule has 0 atom stereocenters. The summed E-state index contributed by atoms with van der Waals surface area (Å²) in [5.74, 6) is -0.0221. The molecule has 0 radical (unpaired) electrons. The summed E-state index contributed by atoms with van der Waals surface area (Å²) in [6, 6.07) is 17.6. The summed E-state index contributed by atoms with van der Waals surface area (Å²) >= 11 is 1.47. The van der Waals surface area contributed by atoms with Crippen molar-refractivity contribution in [1.29, 1.82) is 0 Å². The van der Waals surface area contributed by atoms with Crippen LogP contribution in [0.1, 0.15) is 28.8 Å². The third-order valence-electron chi connectivity index (χ3n) is 5.88. The first-order valence-electron chi connectivity index (χ1n) is 10.9. The van der Waals surface area contributed by atoms with Gasteiger partial charge in [-0.2, -0.15) is 0 Å². The molecule has 2 aromatic carbocycles. The number of piperidine rings is 1. The summed E-state index contributed by atoms with van der Waals surface area (Å²) in [6.45, 7) is 7.36. The van der Waals surface area contributed by atoms with Crippen LogP contribution in [-0.2, 0) is 4.79 Å². The van der Waals surface area contributed by atoms with Crippen LogP contribution in [0.3, 0.4) is 0 Å². The number of carbonyl (C=O) groups excluding carboxylic acids is 2. The second kappa shape index (κ2) is 9.92. The molecular weight excluding hydrogens is 418 g/mol. The highest BCUT2D eigenvalue weighted by molar-refractivity contribution is 7.14. The summed E-state index contributed by atoms with van der Waals surface area (Å²) in [7, 11) is 0. The minimum atomic E-state index is -0.125. The average Bonchev–Trinajstić information content (AvgIpc) is 3.33. The van der Waals surface area contributed by atoms with Crippen molar-refractivity contribution in [1.82, 2.24) is 9.88 Å². The first-order chi connectivity index (χ1) is 15.6. The van der Waals surface area contributed by atoms with Gasteiger partial charge in [0.15, 0.2) is 5.13 Å². The fourth-order valence-electron chi connectivity index (χ4n) is 4.05. The lowest BCUT2D eigenvalue weighted by atomic mass is 9.94. The number of thiazole rings is 1. The van der Waals surface area contributed by atoms with E-state index in [4.69, 9.17) is 4.98 Å². The zero-order chi connectivity index (χ0) is 22.5. The van der Waals surface area contributed by atoms with E-state index < -0.39 is 0 Å². The number of rotatable bonds is 6. The predicted octanol–water partition coefficient (Wildman–Crippen LogP) is 5.19. The Hall–Kier alpha value is -3.25.